The lowest BCUT2D eigenvalue weighted by atomic mass is 9.90. The van der Waals surface area contributed by atoms with Crippen molar-refractivity contribution in [1.29, 1.82) is 0 Å². The minimum Gasteiger partial charge on any atom is -0.392 e. The lowest BCUT2D eigenvalue weighted by Gasteiger charge is -2.32. The zero-order valence-electron chi connectivity index (χ0n) is 11.7. The second-order valence-corrected chi connectivity index (χ2v) is 4.81. The molecule has 0 spiro atoms. The fraction of sp³-hybridized carbons (Fsp3) is 0.833. The van der Waals surface area contributed by atoms with Crippen LogP contribution in [0.25, 0.3) is 0 Å². The summed E-state index contributed by atoms with van der Waals surface area (Å²) >= 11 is 0. The molecule has 7 nitrogen and oxygen atoms in total. The molecule has 2 unspecified atom stereocenters. The van der Waals surface area contributed by atoms with E-state index in [-0.39, 0.29) is 25.1 Å². The SMILES string of the molecule is CN[C@H](C)C(C)O.NC[C@@]1(O)CCC(C=O)NC1=O. The molecule has 0 bridgehead atoms. The first-order valence-electron chi connectivity index (χ1n) is 6.34. The van der Waals surface area contributed by atoms with Crippen molar-refractivity contribution in [3.05, 3.63) is 0 Å². The summed E-state index contributed by atoms with van der Waals surface area (Å²) in [5.74, 6) is -0.548. The Morgan fingerprint density at radius 1 is 1.63 bits per heavy atom. The Balaban J connectivity index is 0.000000399. The van der Waals surface area contributed by atoms with E-state index in [4.69, 9.17) is 10.8 Å². The number of hydrogen-bond donors (Lipinski definition) is 5. The van der Waals surface area contributed by atoms with Crippen molar-refractivity contribution in [3.8, 4) is 0 Å². The van der Waals surface area contributed by atoms with Crippen LogP contribution in [0.1, 0.15) is 26.7 Å². The van der Waals surface area contributed by atoms with Gasteiger partial charge >= 0.3 is 0 Å². The Morgan fingerprint density at radius 3 is 2.47 bits per heavy atom. The highest BCUT2D eigenvalue weighted by Gasteiger charge is 2.39. The van der Waals surface area contributed by atoms with Crippen molar-refractivity contribution in [2.45, 2.75) is 50.5 Å². The van der Waals surface area contributed by atoms with E-state index < -0.39 is 17.6 Å². The van der Waals surface area contributed by atoms with Crippen LogP contribution in [-0.4, -0.2) is 59.8 Å². The van der Waals surface area contributed by atoms with Crippen LogP contribution >= 0.6 is 0 Å². The van der Waals surface area contributed by atoms with E-state index in [1.54, 1.807) is 6.92 Å². The van der Waals surface area contributed by atoms with Crippen LogP contribution in [0.5, 0.6) is 0 Å². The highest BCUT2D eigenvalue weighted by molar-refractivity contribution is 5.88. The van der Waals surface area contributed by atoms with Crippen LogP contribution in [0.2, 0.25) is 0 Å². The van der Waals surface area contributed by atoms with E-state index in [9.17, 15) is 14.7 Å². The molecule has 0 aromatic rings. The summed E-state index contributed by atoms with van der Waals surface area (Å²) in [7, 11) is 1.83. The summed E-state index contributed by atoms with van der Waals surface area (Å²) in [4.78, 5) is 21.4. The number of amides is 1. The highest BCUT2D eigenvalue weighted by atomic mass is 16.3. The van der Waals surface area contributed by atoms with Crippen LogP contribution in [0.15, 0.2) is 0 Å². The van der Waals surface area contributed by atoms with Gasteiger partial charge < -0.3 is 31.4 Å². The normalized spacial score (nSPS) is 29.6. The molecule has 1 fully saturated rings. The first-order chi connectivity index (χ1) is 8.80. The first kappa shape index (κ1) is 18.0. The van der Waals surface area contributed by atoms with Gasteiger partial charge in [-0.25, -0.2) is 0 Å². The third-order valence-corrected chi connectivity index (χ3v) is 3.29. The largest absolute Gasteiger partial charge is 0.392 e. The Morgan fingerprint density at radius 2 is 2.21 bits per heavy atom. The van der Waals surface area contributed by atoms with Gasteiger partial charge in [0.2, 0.25) is 0 Å². The maximum absolute atomic E-state index is 11.1. The summed E-state index contributed by atoms with van der Waals surface area (Å²) in [6.45, 7) is 3.59. The Hall–Kier alpha value is -1.02. The van der Waals surface area contributed by atoms with E-state index in [0.29, 0.717) is 12.7 Å². The molecule has 112 valence electrons. The quantitative estimate of drug-likeness (QED) is 0.383. The zero-order valence-corrected chi connectivity index (χ0v) is 11.7. The number of piperidine rings is 1. The van der Waals surface area contributed by atoms with Gasteiger partial charge in [0.05, 0.1) is 12.1 Å². The predicted molar refractivity (Wildman–Crippen MR) is 71.4 cm³/mol. The van der Waals surface area contributed by atoms with E-state index in [0.717, 1.165) is 0 Å². The number of likely N-dealkylation sites (N-methyl/N-ethyl adjacent to an activating group) is 1. The molecule has 6 N–H and O–H groups in total. The standard InChI is InChI=1S/C7H12N2O3.C5H13NO/c8-4-7(12)2-1-5(3-10)9-6(7)11;1-4(6-3)5(2)7/h3,5,12H,1-2,4,8H2,(H,9,11);4-7H,1-3H3/t5?,7-;4-,5?/m01/s1. The summed E-state index contributed by atoms with van der Waals surface area (Å²) < 4.78 is 0. The smallest absolute Gasteiger partial charge is 0.253 e. The monoisotopic (exact) mass is 275 g/mol. The number of nitrogens with two attached hydrogens (primary N) is 1. The molecule has 1 aliphatic rings. The third kappa shape index (κ3) is 5.65. The second-order valence-electron chi connectivity index (χ2n) is 4.81. The van der Waals surface area contributed by atoms with Crippen molar-refractivity contribution >= 4 is 12.2 Å². The second kappa shape index (κ2) is 8.21. The number of carbonyl (C=O) groups excluding carboxylic acids is 2. The molecular weight excluding hydrogens is 250 g/mol. The van der Waals surface area contributed by atoms with Gasteiger partial charge in [-0.2, -0.15) is 0 Å². The molecule has 1 saturated heterocycles. The first-order valence-corrected chi connectivity index (χ1v) is 6.34. The Bertz CT molecular complexity index is 299. The van der Waals surface area contributed by atoms with Crippen molar-refractivity contribution in [1.82, 2.24) is 10.6 Å². The molecule has 0 aromatic heterocycles. The molecule has 0 radical (unpaired) electrons. The average Bonchev–Trinajstić information content (AvgIpc) is 2.41. The fourth-order valence-corrected chi connectivity index (χ4v) is 1.42. The summed E-state index contributed by atoms with van der Waals surface area (Å²) in [5, 5.41) is 23.6. The number of aldehydes is 1. The topological polar surface area (TPSA) is 125 Å². The van der Waals surface area contributed by atoms with Gasteiger partial charge in [-0.1, -0.05) is 0 Å². The number of rotatable bonds is 4. The molecule has 1 heterocycles. The van der Waals surface area contributed by atoms with Crippen LogP contribution in [0.4, 0.5) is 0 Å². The van der Waals surface area contributed by atoms with E-state index in [2.05, 4.69) is 10.6 Å². The van der Waals surface area contributed by atoms with Crippen molar-refractivity contribution in [2.75, 3.05) is 13.6 Å². The Kier molecular flexibility index (Phi) is 7.77. The zero-order chi connectivity index (χ0) is 15.1. The highest BCUT2D eigenvalue weighted by Crippen LogP contribution is 2.18. The number of aliphatic hydroxyl groups is 2. The maximum Gasteiger partial charge on any atom is 0.253 e. The molecule has 4 atom stereocenters. The van der Waals surface area contributed by atoms with Gasteiger partial charge in [0.15, 0.2) is 5.60 Å². The van der Waals surface area contributed by atoms with Crippen LogP contribution in [-0.2, 0) is 9.59 Å². The number of aliphatic hydroxyl groups excluding tert-OH is 1. The minimum absolute atomic E-state index is 0.107. The van der Waals surface area contributed by atoms with Gasteiger partial charge in [-0.05, 0) is 33.7 Å². The summed E-state index contributed by atoms with van der Waals surface area (Å²) in [5.41, 5.74) is 3.74. The third-order valence-electron chi connectivity index (χ3n) is 3.29. The predicted octanol–water partition coefficient (Wildman–Crippen LogP) is -1.87. The number of nitrogens with one attached hydrogen (secondary N) is 2. The molecule has 0 saturated carbocycles. The van der Waals surface area contributed by atoms with Gasteiger partial charge in [-0.3, -0.25) is 4.79 Å². The lowest BCUT2D eigenvalue weighted by molar-refractivity contribution is -0.145. The molecule has 1 rings (SSSR count). The molecule has 0 aliphatic carbocycles. The molecule has 7 heteroatoms. The summed E-state index contributed by atoms with van der Waals surface area (Å²) in [6.07, 6.45) is 1.11. The van der Waals surface area contributed by atoms with Crippen LogP contribution < -0.4 is 16.4 Å². The Labute approximate surface area is 113 Å². The maximum atomic E-state index is 11.1. The van der Waals surface area contributed by atoms with Gasteiger partial charge in [0, 0.05) is 12.6 Å². The van der Waals surface area contributed by atoms with E-state index >= 15 is 0 Å². The molecule has 0 aromatic carbocycles. The summed E-state index contributed by atoms with van der Waals surface area (Å²) in [6, 6.07) is -0.260. The van der Waals surface area contributed by atoms with Gasteiger partial charge in [0.1, 0.15) is 6.29 Å². The van der Waals surface area contributed by atoms with Crippen molar-refractivity contribution < 1.29 is 19.8 Å². The van der Waals surface area contributed by atoms with Crippen molar-refractivity contribution in [3.63, 3.8) is 0 Å². The number of carbonyl (C=O) groups is 2. The van der Waals surface area contributed by atoms with Crippen LogP contribution in [0.3, 0.4) is 0 Å². The van der Waals surface area contributed by atoms with Gasteiger partial charge in [0.25, 0.3) is 5.91 Å². The number of hydrogen-bond acceptors (Lipinski definition) is 6. The van der Waals surface area contributed by atoms with E-state index in [1.165, 1.54) is 0 Å². The van der Waals surface area contributed by atoms with Crippen LogP contribution in [0, 0.1) is 0 Å². The lowest BCUT2D eigenvalue weighted by Crippen LogP contribution is -2.59. The minimum atomic E-state index is -1.47. The van der Waals surface area contributed by atoms with Gasteiger partial charge in [-0.15, -0.1) is 0 Å². The average molecular weight is 275 g/mol. The fourth-order valence-electron chi connectivity index (χ4n) is 1.42. The van der Waals surface area contributed by atoms with Crippen molar-refractivity contribution in [2.24, 2.45) is 5.73 Å². The molecule has 19 heavy (non-hydrogen) atoms. The molecular formula is C12H25N3O4. The molecule has 1 aliphatic heterocycles. The molecule has 1 amide bonds. The van der Waals surface area contributed by atoms with E-state index in [1.807, 2.05) is 14.0 Å².